The van der Waals surface area contributed by atoms with E-state index in [2.05, 4.69) is 4.99 Å². The zero-order valence-corrected chi connectivity index (χ0v) is 16.2. The molecule has 0 bridgehead atoms. The quantitative estimate of drug-likeness (QED) is 0.167. The van der Waals surface area contributed by atoms with Gasteiger partial charge in [0.1, 0.15) is 6.61 Å². The number of carbonyl (C=O) groups excluding carboxylic acids is 1. The standard InChI is InChI=1S/C20H19F5N2O2/c1-5-27(4)9-26-14-7-6-12(10(2)11(14)3)20(28)29-8-13-15(21)17(23)19(25)18(24)16(13)22/h6-7,9H,5,8H2,1-4H3/b26-9+. The molecular formula is C20H19F5N2O2. The highest BCUT2D eigenvalue weighted by atomic mass is 19.2. The van der Waals surface area contributed by atoms with Crippen molar-refractivity contribution in [2.24, 2.45) is 4.99 Å². The Hall–Kier alpha value is -2.97. The molecule has 0 fully saturated rings. The van der Waals surface area contributed by atoms with Crippen molar-refractivity contribution in [3.8, 4) is 0 Å². The first-order valence-electron chi connectivity index (χ1n) is 8.62. The Labute approximate surface area is 164 Å². The zero-order valence-electron chi connectivity index (χ0n) is 16.2. The van der Waals surface area contributed by atoms with Gasteiger partial charge in [-0.25, -0.2) is 31.7 Å². The molecule has 0 aliphatic carbocycles. The molecule has 2 aromatic rings. The molecule has 0 aliphatic rings. The number of nitrogens with zero attached hydrogens (tertiary/aromatic N) is 2. The van der Waals surface area contributed by atoms with Crippen molar-refractivity contribution < 1.29 is 31.5 Å². The third kappa shape index (κ3) is 4.55. The van der Waals surface area contributed by atoms with Crippen molar-refractivity contribution >= 4 is 18.0 Å². The Balaban J connectivity index is 2.25. The summed E-state index contributed by atoms with van der Waals surface area (Å²) in [5, 5.41) is 0. The summed E-state index contributed by atoms with van der Waals surface area (Å²) in [6, 6.07) is 2.99. The molecular weight excluding hydrogens is 395 g/mol. The lowest BCUT2D eigenvalue weighted by Gasteiger charge is -2.13. The molecule has 0 saturated carbocycles. The number of aliphatic imine (C=N–C) groups is 1. The SMILES string of the molecule is CCN(C)/C=N/c1ccc(C(=O)OCc2c(F)c(F)c(F)c(F)c2F)c(C)c1C. The van der Waals surface area contributed by atoms with Gasteiger partial charge in [0.15, 0.2) is 23.3 Å². The van der Waals surface area contributed by atoms with E-state index in [0.717, 1.165) is 6.54 Å². The highest BCUT2D eigenvalue weighted by Gasteiger charge is 2.26. The second-order valence-corrected chi connectivity index (χ2v) is 6.32. The number of halogens is 5. The van der Waals surface area contributed by atoms with Gasteiger partial charge in [0, 0.05) is 13.6 Å². The van der Waals surface area contributed by atoms with Crippen LogP contribution < -0.4 is 0 Å². The van der Waals surface area contributed by atoms with Gasteiger partial charge in [0.25, 0.3) is 0 Å². The summed E-state index contributed by atoms with van der Waals surface area (Å²) >= 11 is 0. The molecule has 29 heavy (non-hydrogen) atoms. The minimum Gasteiger partial charge on any atom is -0.457 e. The van der Waals surface area contributed by atoms with Gasteiger partial charge < -0.3 is 9.64 Å². The van der Waals surface area contributed by atoms with E-state index >= 15 is 0 Å². The minimum absolute atomic E-state index is 0.0918. The highest BCUT2D eigenvalue weighted by molar-refractivity contribution is 5.92. The molecule has 0 amide bonds. The predicted molar refractivity (Wildman–Crippen MR) is 97.7 cm³/mol. The molecule has 0 atom stereocenters. The molecule has 2 aromatic carbocycles. The smallest absolute Gasteiger partial charge is 0.338 e. The fourth-order valence-corrected chi connectivity index (χ4v) is 2.40. The van der Waals surface area contributed by atoms with Crippen LogP contribution in [-0.4, -0.2) is 30.8 Å². The maximum atomic E-state index is 13.7. The molecule has 9 heteroatoms. The fraction of sp³-hybridized carbons (Fsp3) is 0.300. The summed E-state index contributed by atoms with van der Waals surface area (Å²) in [5.41, 5.74) is 0.680. The minimum atomic E-state index is -2.27. The molecule has 0 aromatic heterocycles. The van der Waals surface area contributed by atoms with Gasteiger partial charge in [-0.3, -0.25) is 0 Å². The van der Waals surface area contributed by atoms with Gasteiger partial charge in [0.05, 0.1) is 23.2 Å². The van der Waals surface area contributed by atoms with Crippen molar-refractivity contribution in [1.29, 1.82) is 0 Å². The Morgan fingerprint density at radius 3 is 2.10 bits per heavy atom. The average Bonchev–Trinajstić information content (AvgIpc) is 2.71. The van der Waals surface area contributed by atoms with E-state index < -0.39 is 47.2 Å². The zero-order chi connectivity index (χ0) is 21.9. The van der Waals surface area contributed by atoms with Crippen LogP contribution in [0.15, 0.2) is 17.1 Å². The van der Waals surface area contributed by atoms with E-state index in [4.69, 9.17) is 4.74 Å². The largest absolute Gasteiger partial charge is 0.457 e. The summed E-state index contributed by atoms with van der Waals surface area (Å²) in [6.45, 7) is 4.96. The fourth-order valence-electron chi connectivity index (χ4n) is 2.40. The topological polar surface area (TPSA) is 41.9 Å². The maximum Gasteiger partial charge on any atom is 0.338 e. The van der Waals surface area contributed by atoms with Crippen molar-refractivity contribution in [2.45, 2.75) is 27.4 Å². The Morgan fingerprint density at radius 1 is 1.00 bits per heavy atom. The number of esters is 1. The lowest BCUT2D eigenvalue weighted by molar-refractivity contribution is 0.0461. The number of carbonyl (C=O) groups is 1. The second kappa shape index (κ2) is 9.02. The van der Waals surface area contributed by atoms with E-state index in [1.54, 1.807) is 26.3 Å². The normalized spacial score (nSPS) is 11.2. The first-order chi connectivity index (χ1) is 13.6. The number of hydrogen-bond donors (Lipinski definition) is 0. The summed E-state index contributed by atoms with van der Waals surface area (Å²) in [7, 11) is 1.84. The van der Waals surface area contributed by atoms with Crippen LogP contribution in [0.1, 0.15) is 34.0 Å². The van der Waals surface area contributed by atoms with Gasteiger partial charge in [0.2, 0.25) is 5.82 Å². The molecule has 0 unspecified atom stereocenters. The summed E-state index contributed by atoms with van der Waals surface area (Å²) in [4.78, 5) is 18.5. The molecule has 0 N–H and O–H groups in total. The molecule has 0 aliphatic heterocycles. The van der Waals surface area contributed by atoms with E-state index in [1.165, 1.54) is 6.07 Å². The Bertz CT molecular complexity index is 947. The predicted octanol–water partition coefficient (Wildman–Crippen LogP) is 4.97. The highest BCUT2D eigenvalue weighted by Crippen LogP contribution is 2.27. The van der Waals surface area contributed by atoms with E-state index in [-0.39, 0.29) is 5.56 Å². The molecule has 0 saturated heterocycles. The van der Waals surface area contributed by atoms with Crippen LogP contribution >= 0.6 is 0 Å². The molecule has 4 nitrogen and oxygen atoms in total. The Morgan fingerprint density at radius 2 is 1.55 bits per heavy atom. The number of hydrogen-bond acceptors (Lipinski definition) is 3. The van der Waals surface area contributed by atoms with Crippen LogP contribution in [0.5, 0.6) is 0 Å². The van der Waals surface area contributed by atoms with Gasteiger partial charge in [-0.1, -0.05) is 0 Å². The maximum absolute atomic E-state index is 13.7. The number of rotatable bonds is 6. The second-order valence-electron chi connectivity index (χ2n) is 6.32. The molecule has 156 valence electrons. The van der Waals surface area contributed by atoms with Crippen LogP contribution in [0, 0.1) is 42.9 Å². The van der Waals surface area contributed by atoms with E-state index in [0.29, 0.717) is 16.8 Å². The molecule has 0 spiro atoms. The monoisotopic (exact) mass is 414 g/mol. The van der Waals surface area contributed by atoms with Crippen molar-refractivity contribution in [3.63, 3.8) is 0 Å². The van der Waals surface area contributed by atoms with Crippen molar-refractivity contribution in [2.75, 3.05) is 13.6 Å². The van der Waals surface area contributed by atoms with Gasteiger partial charge in [-0.15, -0.1) is 0 Å². The first kappa shape index (κ1) is 22.3. The first-order valence-corrected chi connectivity index (χ1v) is 8.62. The van der Waals surface area contributed by atoms with Crippen molar-refractivity contribution in [3.05, 3.63) is 63.5 Å². The van der Waals surface area contributed by atoms with Gasteiger partial charge >= 0.3 is 5.97 Å². The average molecular weight is 414 g/mol. The number of benzene rings is 2. The Kier molecular flexibility index (Phi) is 6.94. The third-order valence-corrected chi connectivity index (χ3v) is 4.52. The van der Waals surface area contributed by atoms with Crippen LogP contribution in [0.3, 0.4) is 0 Å². The van der Waals surface area contributed by atoms with E-state index in [9.17, 15) is 26.7 Å². The van der Waals surface area contributed by atoms with Gasteiger partial charge in [-0.05, 0) is 44.0 Å². The number of ether oxygens (including phenoxy) is 1. The van der Waals surface area contributed by atoms with Crippen LogP contribution in [0.25, 0.3) is 0 Å². The summed E-state index contributed by atoms with van der Waals surface area (Å²) < 4.78 is 71.8. The van der Waals surface area contributed by atoms with E-state index in [1.807, 2.05) is 18.9 Å². The lowest BCUT2D eigenvalue weighted by Crippen LogP contribution is -2.14. The summed E-state index contributed by atoms with van der Waals surface area (Å²) in [5.74, 6) is -11.5. The van der Waals surface area contributed by atoms with Gasteiger partial charge in [-0.2, -0.15) is 0 Å². The molecule has 0 heterocycles. The van der Waals surface area contributed by atoms with Crippen LogP contribution in [-0.2, 0) is 11.3 Å². The molecule has 2 rings (SSSR count). The molecule has 0 radical (unpaired) electrons. The van der Waals surface area contributed by atoms with Crippen molar-refractivity contribution in [1.82, 2.24) is 4.90 Å². The summed E-state index contributed by atoms with van der Waals surface area (Å²) in [6.07, 6.45) is 1.63. The van der Waals surface area contributed by atoms with Crippen LogP contribution in [0.4, 0.5) is 27.6 Å². The van der Waals surface area contributed by atoms with Crippen LogP contribution in [0.2, 0.25) is 0 Å². The third-order valence-electron chi connectivity index (χ3n) is 4.52. The lowest BCUT2D eigenvalue weighted by atomic mass is 10.0.